The van der Waals surface area contributed by atoms with Gasteiger partial charge in [-0.25, -0.2) is 0 Å². The number of hydrogen-bond donors (Lipinski definition) is 0. The van der Waals surface area contributed by atoms with Crippen LogP contribution in [0, 0.1) is 0 Å². The van der Waals surface area contributed by atoms with Gasteiger partial charge in [0.25, 0.3) is 0 Å². The molecule has 0 bridgehead atoms. The predicted molar refractivity (Wildman–Crippen MR) is 173 cm³/mol. The third-order valence-electron chi connectivity index (χ3n) is 5.53. The molecule has 223 valence electrons. The topological polar surface area (TPSA) is 89.8 Å². The second-order valence-electron chi connectivity index (χ2n) is 8.29. The summed E-state index contributed by atoms with van der Waals surface area (Å²) in [6.07, 6.45) is 10.4. The number of aliphatic imine (C=N–C) groups is 2. The molecule has 0 aliphatic carbocycles. The Balaban J connectivity index is 0.000000293. The van der Waals surface area contributed by atoms with E-state index in [0.29, 0.717) is 0 Å². The molecule has 4 aromatic rings. The summed E-state index contributed by atoms with van der Waals surface area (Å²) in [4.78, 5) is 8.59. The number of allylic oxidation sites excluding steroid dienone is 2. The molecule has 0 fully saturated rings. The third-order valence-corrected chi connectivity index (χ3v) is 5.53. The molecule has 0 N–H and O–H groups in total. The Morgan fingerprint density at radius 2 is 0.721 bits per heavy atom. The van der Waals surface area contributed by atoms with Crippen LogP contribution < -0.4 is 18.9 Å². The van der Waals surface area contributed by atoms with E-state index in [-0.39, 0.29) is 16.8 Å². The van der Waals surface area contributed by atoms with Crippen molar-refractivity contribution in [1.29, 1.82) is 0 Å². The van der Waals surface area contributed by atoms with E-state index >= 15 is 0 Å². The van der Waals surface area contributed by atoms with Crippen LogP contribution in [0.5, 0.6) is 23.0 Å². The minimum absolute atomic E-state index is 0. The molecule has 8 nitrogen and oxygen atoms in total. The first-order valence-electron chi connectivity index (χ1n) is 13.0. The Labute approximate surface area is 264 Å². The van der Waals surface area contributed by atoms with Crippen molar-refractivity contribution >= 4 is 35.2 Å². The molecule has 0 aromatic heterocycles. The van der Waals surface area contributed by atoms with Crippen LogP contribution in [0.3, 0.4) is 0 Å². The molecule has 0 spiro atoms. The van der Waals surface area contributed by atoms with Crippen LogP contribution in [0.2, 0.25) is 0 Å². The Morgan fingerprint density at radius 1 is 0.442 bits per heavy atom. The summed E-state index contributed by atoms with van der Waals surface area (Å²) in [6.45, 7) is 0. The van der Waals surface area contributed by atoms with Gasteiger partial charge in [0, 0.05) is 12.4 Å². The van der Waals surface area contributed by atoms with E-state index in [1.807, 2.05) is 97.1 Å². The molecular weight excluding hydrogens is 587 g/mol. The molecular formula is C34H34CoN4O4. The van der Waals surface area contributed by atoms with Crippen molar-refractivity contribution in [1.82, 2.24) is 0 Å². The van der Waals surface area contributed by atoms with Crippen LogP contribution in [-0.4, -0.2) is 40.9 Å². The molecule has 0 atom stereocenters. The Bertz CT molecular complexity index is 1320. The zero-order valence-electron chi connectivity index (χ0n) is 24.5. The molecule has 4 rings (SSSR count). The van der Waals surface area contributed by atoms with Crippen molar-refractivity contribution in [2.75, 3.05) is 28.4 Å². The van der Waals surface area contributed by atoms with Gasteiger partial charge in [0.2, 0.25) is 0 Å². The minimum atomic E-state index is 0. The smallest absolute Gasteiger partial charge is 0.664 e. The summed E-state index contributed by atoms with van der Waals surface area (Å²) in [5, 5.41) is 8.59. The SMILES string of the molecule is COc1ccc(N=C/C=C\[N-]c2ccc(OC)cc2)cc1.COc1ccc(N=C/C=C\[N-]c2ccc(OC)cc2)cc1.[Co+2]. The Kier molecular flexibility index (Phi) is 15.9. The summed E-state index contributed by atoms with van der Waals surface area (Å²) < 4.78 is 20.4. The summed E-state index contributed by atoms with van der Waals surface area (Å²) in [6, 6.07) is 30.1. The molecule has 4 aromatic carbocycles. The number of benzene rings is 4. The monoisotopic (exact) mass is 621 g/mol. The van der Waals surface area contributed by atoms with Crippen LogP contribution in [0.15, 0.2) is 132 Å². The largest absolute Gasteiger partial charge is 2.00 e. The number of ether oxygens (including phenoxy) is 4. The van der Waals surface area contributed by atoms with Gasteiger partial charge in [-0.15, -0.1) is 11.4 Å². The predicted octanol–water partition coefficient (Wildman–Crippen LogP) is 9.25. The second kappa shape index (κ2) is 20.0. The summed E-state index contributed by atoms with van der Waals surface area (Å²) in [5.41, 5.74) is 3.46. The molecule has 0 saturated carbocycles. The molecule has 9 heteroatoms. The van der Waals surface area contributed by atoms with E-state index in [1.165, 1.54) is 0 Å². The summed E-state index contributed by atoms with van der Waals surface area (Å²) >= 11 is 0. The van der Waals surface area contributed by atoms with Crippen molar-refractivity contribution < 1.29 is 35.7 Å². The molecule has 0 aliphatic rings. The van der Waals surface area contributed by atoms with Crippen molar-refractivity contribution in [2.24, 2.45) is 9.98 Å². The van der Waals surface area contributed by atoms with Crippen LogP contribution in [0.1, 0.15) is 0 Å². The van der Waals surface area contributed by atoms with Gasteiger partial charge in [-0.1, -0.05) is 36.4 Å². The number of hydrogen-bond acceptors (Lipinski definition) is 6. The standard InChI is InChI=1S/2C17H17N2O2.Co/c2*1-20-16-8-4-14(5-9-16)18-12-3-13-19-15-6-10-17(21-2)11-7-15;/h2*3-13H,1-2H3;/q2*-1;+2/b2*12-3-,19-13?;. The van der Waals surface area contributed by atoms with Crippen LogP contribution in [0.4, 0.5) is 22.7 Å². The van der Waals surface area contributed by atoms with Crippen LogP contribution in [-0.2, 0) is 16.8 Å². The number of rotatable bonds is 12. The van der Waals surface area contributed by atoms with Gasteiger partial charge in [-0.05, 0) is 72.8 Å². The second-order valence-corrected chi connectivity index (χ2v) is 8.29. The summed E-state index contributed by atoms with van der Waals surface area (Å²) in [7, 11) is 6.56. The maximum Gasteiger partial charge on any atom is 2.00 e. The maximum atomic E-state index is 5.09. The maximum absolute atomic E-state index is 5.09. The van der Waals surface area contributed by atoms with Gasteiger partial charge >= 0.3 is 16.8 Å². The molecule has 43 heavy (non-hydrogen) atoms. The van der Waals surface area contributed by atoms with Gasteiger partial charge in [0.1, 0.15) is 23.0 Å². The van der Waals surface area contributed by atoms with Gasteiger partial charge in [0.05, 0.1) is 39.8 Å². The average molecular weight is 622 g/mol. The van der Waals surface area contributed by atoms with E-state index in [9.17, 15) is 0 Å². The fourth-order valence-electron chi connectivity index (χ4n) is 3.27. The van der Waals surface area contributed by atoms with E-state index < -0.39 is 0 Å². The molecule has 0 amide bonds. The van der Waals surface area contributed by atoms with E-state index in [2.05, 4.69) is 20.6 Å². The first-order chi connectivity index (χ1) is 20.6. The van der Waals surface area contributed by atoms with Crippen molar-refractivity contribution in [3.8, 4) is 23.0 Å². The number of nitrogens with zero attached hydrogens (tertiary/aromatic N) is 4. The van der Waals surface area contributed by atoms with E-state index in [4.69, 9.17) is 18.9 Å². The first kappa shape index (κ1) is 34.2. The van der Waals surface area contributed by atoms with Gasteiger partial charge in [-0.3, -0.25) is 9.98 Å². The van der Waals surface area contributed by atoms with Crippen molar-refractivity contribution in [3.05, 3.63) is 132 Å². The van der Waals surface area contributed by atoms with E-state index in [1.54, 1.807) is 65.4 Å². The minimum Gasteiger partial charge on any atom is -0.664 e. The van der Waals surface area contributed by atoms with Crippen LogP contribution in [0.25, 0.3) is 10.6 Å². The molecule has 0 unspecified atom stereocenters. The van der Waals surface area contributed by atoms with Gasteiger partial charge in [0.15, 0.2) is 0 Å². The Hall–Kier alpha value is -4.99. The van der Waals surface area contributed by atoms with Crippen molar-refractivity contribution in [3.63, 3.8) is 0 Å². The summed E-state index contributed by atoms with van der Waals surface area (Å²) in [5.74, 6) is 3.27. The average Bonchev–Trinajstić information content (AvgIpc) is 3.06. The molecule has 0 aliphatic heterocycles. The number of methoxy groups -OCH3 is 4. The van der Waals surface area contributed by atoms with Crippen LogP contribution >= 0.6 is 0 Å². The van der Waals surface area contributed by atoms with Crippen molar-refractivity contribution in [2.45, 2.75) is 0 Å². The quantitative estimate of drug-likeness (QED) is 0.148. The van der Waals surface area contributed by atoms with Gasteiger partial charge < -0.3 is 29.6 Å². The Morgan fingerprint density at radius 3 is 1.00 bits per heavy atom. The fraction of sp³-hybridized carbons (Fsp3) is 0.118. The fourth-order valence-corrected chi connectivity index (χ4v) is 3.27. The zero-order valence-corrected chi connectivity index (χ0v) is 25.5. The first-order valence-corrected chi connectivity index (χ1v) is 13.0. The third kappa shape index (κ3) is 13.0. The molecule has 0 saturated heterocycles. The zero-order chi connectivity index (χ0) is 29.8. The molecule has 0 heterocycles. The molecule has 1 radical (unpaired) electrons. The van der Waals surface area contributed by atoms with Gasteiger partial charge in [-0.2, -0.15) is 12.4 Å². The normalized spacial score (nSPS) is 10.7. The van der Waals surface area contributed by atoms with E-state index in [0.717, 1.165) is 45.7 Å².